The predicted molar refractivity (Wildman–Crippen MR) is 71.0 cm³/mol. The Morgan fingerprint density at radius 2 is 2.33 bits per heavy atom. The molecule has 0 aromatic carbocycles. The van der Waals surface area contributed by atoms with Gasteiger partial charge in [-0.15, -0.1) is 11.6 Å². The van der Waals surface area contributed by atoms with E-state index >= 15 is 0 Å². The minimum atomic E-state index is 0.395. The smallest absolute Gasteiger partial charge is 0.254 e. The zero-order valence-corrected chi connectivity index (χ0v) is 11.1. The van der Waals surface area contributed by atoms with Gasteiger partial charge >= 0.3 is 0 Å². The molecule has 0 aliphatic heterocycles. The van der Waals surface area contributed by atoms with E-state index in [1.54, 1.807) is 4.52 Å². The van der Waals surface area contributed by atoms with E-state index in [1.165, 1.54) is 19.2 Å². The summed E-state index contributed by atoms with van der Waals surface area (Å²) in [5.74, 6) is 2.33. The number of hydrogen-bond donors (Lipinski definition) is 1. The summed E-state index contributed by atoms with van der Waals surface area (Å²) in [5.41, 5.74) is 1.34. The van der Waals surface area contributed by atoms with Gasteiger partial charge in [0.05, 0.1) is 0 Å². The first-order valence-electron chi connectivity index (χ1n) is 6.20. The molecule has 1 fully saturated rings. The Balaban J connectivity index is 1.80. The lowest BCUT2D eigenvalue weighted by atomic mass is 10.0. The van der Waals surface area contributed by atoms with Crippen molar-refractivity contribution in [1.29, 1.82) is 0 Å². The number of anilines is 1. The topological polar surface area (TPSA) is 55.1 Å². The third-order valence-corrected chi connectivity index (χ3v) is 3.80. The van der Waals surface area contributed by atoms with Crippen LogP contribution in [0, 0.1) is 12.3 Å². The molecular weight excluding hydrogens is 250 g/mol. The van der Waals surface area contributed by atoms with Gasteiger partial charge < -0.3 is 5.32 Å². The average Bonchev–Trinajstić information content (AvgIpc) is 2.94. The summed E-state index contributed by atoms with van der Waals surface area (Å²) in [6.07, 6.45) is 5.12. The van der Waals surface area contributed by atoms with Gasteiger partial charge in [0.1, 0.15) is 12.1 Å². The van der Waals surface area contributed by atoms with Crippen molar-refractivity contribution in [2.45, 2.75) is 26.2 Å². The maximum Gasteiger partial charge on any atom is 0.254 e. The molecule has 2 aromatic rings. The zero-order chi connectivity index (χ0) is 12.6. The Kier molecular flexibility index (Phi) is 2.86. The number of nitrogens with zero attached hydrogens (tertiary/aromatic N) is 4. The number of fused-ring (bicyclic) bond motifs is 1. The molecule has 0 saturated heterocycles. The van der Waals surface area contributed by atoms with Crippen molar-refractivity contribution in [2.24, 2.45) is 5.41 Å². The molecule has 96 valence electrons. The van der Waals surface area contributed by atoms with Crippen LogP contribution in [-0.4, -0.2) is 32.0 Å². The van der Waals surface area contributed by atoms with Crippen LogP contribution in [0.25, 0.3) is 5.78 Å². The van der Waals surface area contributed by atoms with Crippen LogP contribution in [0.15, 0.2) is 12.4 Å². The lowest BCUT2D eigenvalue weighted by Gasteiger charge is -2.16. The first-order chi connectivity index (χ1) is 8.72. The molecule has 1 N–H and O–H groups in total. The SMILES string of the molecule is Cc1cc(NCC2(CCCl)CC2)n2ncnc2n1. The normalized spacial score (nSPS) is 17.0. The van der Waals surface area contributed by atoms with Crippen molar-refractivity contribution < 1.29 is 0 Å². The molecule has 0 unspecified atom stereocenters. The number of alkyl halides is 1. The number of hydrogen-bond acceptors (Lipinski definition) is 4. The van der Waals surface area contributed by atoms with E-state index < -0.39 is 0 Å². The van der Waals surface area contributed by atoms with Gasteiger partial charge in [-0.05, 0) is 31.6 Å². The van der Waals surface area contributed by atoms with Gasteiger partial charge in [0.25, 0.3) is 5.78 Å². The quantitative estimate of drug-likeness (QED) is 0.843. The molecule has 3 rings (SSSR count). The lowest BCUT2D eigenvalue weighted by Crippen LogP contribution is -2.18. The van der Waals surface area contributed by atoms with Gasteiger partial charge in [0.15, 0.2) is 0 Å². The maximum absolute atomic E-state index is 5.85. The molecule has 0 radical (unpaired) electrons. The molecule has 6 heteroatoms. The molecule has 0 bridgehead atoms. The van der Waals surface area contributed by atoms with Crippen molar-refractivity contribution in [3.8, 4) is 0 Å². The van der Waals surface area contributed by atoms with Crippen LogP contribution in [0.5, 0.6) is 0 Å². The Labute approximate surface area is 111 Å². The van der Waals surface area contributed by atoms with Gasteiger partial charge in [-0.2, -0.15) is 14.6 Å². The van der Waals surface area contributed by atoms with Crippen LogP contribution < -0.4 is 5.32 Å². The average molecular weight is 266 g/mol. The Morgan fingerprint density at radius 3 is 3.06 bits per heavy atom. The summed E-state index contributed by atoms with van der Waals surface area (Å²) >= 11 is 5.85. The second-order valence-electron chi connectivity index (χ2n) is 5.05. The molecule has 5 nitrogen and oxygen atoms in total. The highest BCUT2D eigenvalue weighted by atomic mass is 35.5. The highest BCUT2D eigenvalue weighted by molar-refractivity contribution is 6.17. The Morgan fingerprint density at radius 1 is 1.50 bits per heavy atom. The molecule has 1 aliphatic carbocycles. The van der Waals surface area contributed by atoms with Crippen molar-refractivity contribution in [1.82, 2.24) is 19.6 Å². The summed E-state index contributed by atoms with van der Waals surface area (Å²) < 4.78 is 1.74. The first-order valence-corrected chi connectivity index (χ1v) is 6.73. The number of halogens is 1. The Bertz CT molecular complexity index is 561. The summed E-state index contributed by atoms with van der Waals surface area (Å²) in [6, 6.07) is 2.00. The molecule has 2 heterocycles. The minimum absolute atomic E-state index is 0.395. The number of aryl methyl sites for hydroxylation is 1. The van der Waals surface area contributed by atoms with E-state index in [1.807, 2.05) is 13.0 Å². The fraction of sp³-hybridized carbons (Fsp3) is 0.583. The standard InChI is InChI=1S/C12H16ClN5/c1-9-6-10(18-11(17-9)15-8-16-18)14-7-12(2-3-12)4-5-13/h6,8,14H,2-5,7H2,1H3. The molecule has 0 spiro atoms. The summed E-state index contributed by atoms with van der Waals surface area (Å²) in [5, 5.41) is 7.65. The second kappa shape index (κ2) is 4.39. The molecular formula is C12H16ClN5. The van der Waals surface area contributed by atoms with Gasteiger partial charge in [-0.1, -0.05) is 0 Å². The van der Waals surface area contributed by atoms with E-state index in [0.717, 1.165) is 30.4 Å². The third-order valence-electron chi connectivity index (χ3n) is 3.61. The highest BCUT2D eigenvalue weighted by Gasteiger charge is 2.41. The van der Waals surface area contributed by atoms with Crippen molar-refractivity contribution in [3.05, 3.63) is 18.1 Å². The first kappa shape index (κ1) is 11.7. The Hall–Kier alpha value is -1.36. The van der Waals surface area contributed by atoms with E-state index in [2.05, 4.69) is 20.4 Å². The molecule has 1 saturated carbocycles. The van der Waals surface area contributed by atoms with Gasteiger partial charge in [0, 0.05) is 24.2 Å². The van der Waals surface area contributed by atoms with Gasteiger partial charge in [-0.3, -0.25) is 0 Å². The molecule has 2 aromatic heterocycles. The number of rotatable bonds is 5. The van der Waals surface area contributed by atoms with E-state index in [0.29, 0.717) is 11.2 Å². The van der Waals surface area contributed by atoms with E-state index in [-0.39, 0.29) is 0 Å². The monoisotopic (exact) mass is 265 g/mol. The third kappa shape index (κ3) is 2.14. The van der Waals surface area contributed by atoms with Gasteiger partial charge in [0.2, 0.25) is 0 Å². The lowest BCUT2D eigenvalue weighted by molar-refractivity contribution is 0.523. The largest absolute Gasteiger partial charge is 0.369 e. The summed E-state index contributed by atoms with van der Waals surface area (Å²) in [4.78, 5) is 8.44. The van der Waals surface area contributed by atoms with Crippen LogP contribution >= 0.6 is 11.6 Å². The zero-order valence-electron chi connectivity index (χ0n) is 10.4. The molecule has 0 atom stereocenters. The van der Waals surface area contributed by atoms with Crippen molar-refractivity contribution in [3.63, 3.8) is 0 Å². The van der Waals surface area contributed by atoms with Crippen LogP contribution in [0.4, 0.5) is 5.82 Å². The van der Waals surface area contributed by atoms with E-state index in [4.69, 9.17) is 11.6 Å². The number of nitrogens with one attached hydrogen (secondary N) is 1. The fourth-order valence-corrected chi connectivity index (χ4v) is 2.63. The minimum Gasteiger partial charge on any atom is -0.369 e. The molecule has 18 heavy (non-hydrogen) atoms. The van der Waals surface area contributed by atoms with Crippen LogP contribution in [0.1, 0.15) is 25.0 Å². The van der Waals surface area contributed by atoms with Crippen LogP contribution in [-0.2, 0) is 0 Å². The fourth-order valence-electron chi connectivity index (χ4n) is 2.23. The molecule has 0 amide bonds. The van der Waals surface area contributed by atoms with E-state index in [9.17, 15) is 0 Å². The van der Waals surface area contributed by atoms with Crippen LogP contribution in [0.3, 0.4) is 0 Å². The van der Waals surface area contributed by atoms with Crippen molar-refractivity contribution >= 4 is 23.2 Å². The number of aromatic nitrogens is 4. The predicted octanol–water partition coefficient (Wildman–Crippen LogP) is 2.25. The second-order valence-corrected chi connectivity index (χ2v) is 5.43. The molecule has 1 aliphatic rings. The maximum atomic E-state index is 5.85. The summed E-state index contributed by atoms with van der Waals surface area (Å²) in [6.45, 7) is 2.91. The van der Waals surface area contributed by atoms with Crippen molar-refractivity contribution in [2.75, 3.05) is 17.7 Å². The van der Waals surface area contributed by atoms with Gasteiger partial charge in [-0.25, -0.2) is 4.98 Å². The highest BCUT2D eigenvalue weighted by Crippen LogP contribution is 2.48. The van der Waals surface area contributed by atoms with Crippen LogP contribution in [0.2, 0.25) is 0 Å². The summed E-state index contributed by atoms with van der Waals surface area (Å²) in [7, 11) is 0.